The van der Waals surface area contributed by atoms with Crippen LogP contribution in [0.5, 0.6) is 0 Å². The van der Waals surface area contributed by atoms with E-state index in [9.17, 15) is 24.2 Å². The van der Waals surface area contributed by atoms with Crippen molar-refractivity contribution in [1.82, 2.24) is 24.5 Å². The summed E-state index contributed by atoms with van der Waals surface area (Å²) in [7, 11) is -5.43. The summed E-state index contributed by atoms with van der Waals surface area (Å²) in [5, 5.41) is 28.4. The van der Waals surface area contributed by atoms with Crippen LogP contribution >= 0.6 is 26.8 Å². The fourth-order valence-electron chi connectivity index (χ4n) is 4.51. The second-order valence-electron chi connectivity index (χ2n) is 9.24. The van der Waals surface area contributed by atoms with Crippen LogP contribution in [0.15, 0.2) is 6.20 Å². The van der Waals surface area contributed by atoms with Gasteiger partial charge in [0.25, 0.3) is 0 Å². The van der Waals surface area contributed by atoms with Crippen LogP contribution in [0.3, 0.4) is 0 Å². The highest BCUT2D eigenvalue weighted by atomic mass is 35.5. The Morgan fingerprint density at radius 3 is 2.61 bits per heavy atom. The second kappa shape index (κ2) is 10.5. The smallest absolute Gasteiger partial charge is 0.340 e. The largest absolute Gasteiger partial charge is 0.387 e. The Kier molecular flexibility index (Phi) is 8.11. The van der Waals surface area contributed by atoms with Crippen molar-refractivity contribution in [2.45, 2.75) is 55.8 Å². The monoisotopic (exact) mass is 570 g/mol. The first-order valence-electron chi connectivity index (χ1n) is 11.1. The molecule has 2 aliphatic rings. The van der Waals surface area contributed by atoms with E-state index in [1.807, 2.05) is 14.1 Å². The first kappa shape index (κ1) is 27.8. The number of hydrogen-bond donors (Lipinski definition) is 6. The van der Waals surface area contributed by atoms with Gasteiger partial charge in [0.2, 0.25) is 5.28 Å². The van der Waals surface area contributed by atoms with Gasteiger partial charge in [0.15, 0.2) is 17.4 Å². The van der Waals surface area contributed by atoms with Crippen LogP contribution in [0.2, 0.25) is 5.28 Å². The minimum atomic E-state index is -4.82. The normalized spacial score (nSPS) is 30.8. The molecule has 0 aromatic carbocycles. The van der Waals surface area contributed by atoms with E-state index in [1.165, 1.54) is 10.7 Å². The fourth-order valence-corrected chi connectivity index (χ4v) is 7.24. The number of nitrogens with one attached hydrogen (secondary N) is 1. The minimum Gasteiger partial charge on any atom is -0.387 e. The predicted octanol–water partition coefficient (Wildman–Crippen LogP) is 0.171. The van der Waals surface area contributed by atoms with Gasteiger partial charge in [-0.15, -0.1) is 5.10 Å². The Hall–Kier alpha value is -1.22. The molecule has 36 heavy (non-hydrogen) atoms. The number of nitrogens with zero attached hydrogens (tertiary/aromatic N) is 5. The molecule has 1 aliphatic heterocycles. The van der Waals surface area contributed by atoms with Crippen molar-refractivity contribution < 1.29 is 43.3 Å². The number of anilines is 1. The first-order valence-corrected chi connectivity index (χ1v) is 15.0. The van der Waals surface area contributed by atoms with Crippen molar-refractivity contribution in [2.75, 3.05) is 31.9 Å². The Morgan fingerprint density at radius 2 is 1.97 bits per heavy atom. The van der Waals surface area contributed by atoms with Gasteiger partial charge in [-0.3, -0.25) is 9.13 Å². The number of aromatic nitrogens is 4. The summed E-state index contributed by atoms with van der Waals surface area (Å²) in [4.78, 5) is 38.3. The Labute approximate surface area is 211 Å². The number of fused-ring (bicyclic) bond motifs is 1. The van der Waals surface area contributed by atoms with E-state index in [-0.39, 0.29) is 17.0 Å². The van der Waals surface area contributed by atoms with Crippen LogP contribution in [-0.4, -0.2) is 106 Å². The fraction of sp³-hybridized carbons (Fsp3) is 0.722. The van der Waals surface area contributed by atoms with Gasteiger partial charge in [-0.2, -0.15) is 4.98 Å². The molecule has 4 rings (SSSR count). The number of ether oxygens (including phenoxy) is 1. The van der Waals surface area contributed by atoms with Gasteiger partial charge in [0.1, 0.15) is 24.4 Å². The Bertz CT molecular complexity index is 1200. The van der Waals surface area contributed by atoms with Crippen molar-refractivity contribution in [3.8, 4) is 0 Å². The molecular formula is C18H29ClN6O9P2. The average molecular weight is 571 g/mol. The van der Waals surface area contributed by atoms with E-state index < -0.39 is 52.1 Å². The second-order valence-corrected chi connectivity index (χ2v) is 13.6. The van der Waals surface area contributed by atoms with Gasteiger partial charge in [-0.05, 0) is 45.0 Å². The van der Waals surface area contributed by atoms with E-state index in [2.05, 4.69) is 25.3 Å². The molecule has 0 spiro atoms. The van der Waals surface area contributed by atoms with Crippen molar-refractivity contribution in [2.24, 2.45) is 0 Å². The van der Waals surface area contributed by atoms with Gasteiger partial charge in [0.05, 0.1) is 18.5 Å². The van der Waals surface area contributed by atoms with Gasteiger partial charge < -0.3 is 44.4 Å². The molecule has 202 valence electrons. The lowest BCUT2D eigenvalue weighted by Crippen LogP contribution is -2.33. The van der Waals surface area contributed by atoms with Gasteiger partial charge in [-0.1, -0.05) is 0 Å². The molecule has 5 unspecified atom stereocenters. The maximum absolute atomic E-state index is 11.9. The molecule has 15 nitrogen and oxygen atoms in total. The SMILES string of the molecule is CN(C)[C@H]1CC[C@H](Nc2nc(Cl)nn3c(C4OC(COP(=O)(O)CP(=O)(O)O)C(O)C4O)cnc23)C1. The van der Waals surface area contributed by atoms with Gasteiger partial charge >= 0.3 is 15.2 Å². The number of aliphatic hydroxyl groups excluding tert-OH is 2. The van der Waals surface area contributed by atoms with E-state index in [0.29, 0.717) is 17.5 Å². The molecule has 6 N–H and O–H groups in total. The molecule has 0 bridgehead atoms. The molecule has 2 fully saturated rings. The van der Waals surface area contributed by atoms with Crippen LogP contribution in [0.4, 0.5) is 5.82 Å². The number of halogens is 1. The van der Waals surface area contributed by atoms with E-state index in [1.54, 1.807) is 0 Å². The number of imidazole rings is 1. The molecule has 1 saturated heterocycles. The van der Waals surface area contributed by atoms with Gasteiger partial charge in [0, 0.05) is 12.1 Å². The first-order chi connectivity index (χ1) is 16.7. The summed E-state index contributed by atoms with van der Waals surface area (Å²) < 4.78 is 34.7. The third kappa shape index (κ3) is 6.25. The Balaban J connectivity index is 1.51. The van der Waals surface area contributed by atoms with Crippen LogP contribution < -0.4 is 5.32 Å². The molecule has 3 heterocycles. The average Bonchev–Trinajstić information content (AvgIpc) is 3.44. The van der Waals surface area contributed by atoms with Gasteiger partial charge in [-0.25, -0.2) is 9.50 Å². The zero-order valence-corrected chi connectivity index (χ0v) is 22.0. The third-order valence-corrected chi connectivity index (χ3v) is 9.91. The summed E-state index contributed by atoms with van der Waals surface area (Å²) in [6, 6.07) is 0.580. The van der Waals surface area contributed by atoms with E-state index in [0.717, 1.165) is 19.3 Å². The molecule has 2 aromatic rings. The maximum Gasteiger partial charge on any atom is 0.340 e. The standard InChI is InChI=1S/C18H29ClN6O9P2/c1-24(2)10-4-3-9(5-10)21-16-17-20-6-11(25(17)23-18(19)22-16)15-14(27)13(26)12(34-15)7-33-36(31,32)8-35(28,29)30/h6,9-10,12-15,26-27H,3-5,7-8H2,1-2H3,(H,31,32)(H,21,22,23)(H2,28,29,30)/t9-,10-,12?,13?,14?,15?/m0/s1. The lowest BCUT2D eigenvalue weighted by molar-refractivity contribution is -0.0204. The molecular weight excluding hydrogens is 542 g/mol. The van der Waals surface area contributed by atoms with E-state index in [4.69, 9.17) is 30.6 Å². The predicted molar refractivity (Wildman–Crippen MR) is 127 cm³/mol. The summed E-state index contributed by atoms with van der Waals surface area (Å²) in [5.74, 6) is -0.985. The number of aliphatic hydroxyl groups is 2. The molecule has 18 heteroatoms. The highest BCUT2D eigenvalue weighted by Crippen LogP contribution is 2.55. The summed E-state index contributed by atoms with van der Waals surface area (Å²) in [5.41, 5.74) is 0.570. The lowest BCUT2D eigenvalue weighted by atomic mass is 10.1. The number of hydrogen-bond acceptors (Lipinski definition) is 11. The van der Waals surface area contributed by atoms with Crippen LogP contribution in [0.25, 0.3) is 5.65 Å². The summed E-state index contributed by atoms with van der Waals surface area (Å²) in [6.45, 7) is -0.698. The highest BCUT2D eigenvalue weighted by molar-refractivity contribution is 7.70. The summed E-state index contributed by atoms with van der Waals surface area (Å²) in [6.07, 6.45) is -1.21. The molecule has 1 saturated carbocycles. The molecule has 0 amide bonds. The van der Waals surface area contributed by atoms with Crippen LogP contribution in [0, 0.1) is 0 Å². The van der Waals surface area contributed by atoms with Crippen LogP contribution in [-0.2, 0) is 18.4 Å². The van der Waals surface area contributed by atoms with Crippen molar-refractivity contribution in [3.63, 3.8) is 0 Å². The van der Waals surface area contributed by atoms with Crippen molar-refractivity contribution in [1.29, 1.82) is 0 Å². The Morgan fingerprint density at radius 1 is 1.25 bits per heavy atom. The zero-order chi connectivity index (χ0) is 26.4. The van der Waals surface area contributed by atoms with Crippen molar-refractivity contribution in [3.05, 3.63) is 17.2 Å². The molecule has 7 atom stereocenters. The van der Waals surface area contributed by atoms with Crippen molar-refractivity contribution >= 4 is 38.3 Å². The maximum atomic E-state index is 11.9. The highest BCUT2D eigenvalue weighted by Gasteiger charge is 2.46. The van der Waals surface area contributed by atoms with E-state index >= 15 is 0 Å². The molecule has 0 radical (unpaired) electrons. The quantitative estimate of drug-likeness (QED) is 0.222. The molecule has 2 aromatic heterocycles. The topological polar surface area (TPSA) is 212 Å². The minimum absolute atomic E-state index is 0.0852. The molecule has 1 aliphatic carbocycles. The summed E-state index contributed by atoms with van der Waals surface area (Å²) >= 11 is 6.16. The third-order valence-electron chi connectivity index (χ3n) is 6.30. The lowest BCUT2D eigenvalue weighted by Gasteiger charge is -2.19. The zero-order valence-electron chi connectivity index (χ0n) is 19.5. The van der Waals surface area contributed by atoms with Crippen LogP contribution in [0.1, 0.15) is 31.1 Å². The number of rotatable bonds is 9.